The van der Waals surface area contributed by atoms with Gasteiger partial charge in [-0.1, -0.05) is 231 Å². The summed E-state index contributed by atoms with van der Waals surface area (Å²) in [5, 5.41) is 0. The first-order chi connectivity index (χ1) is 36.0. The summed E-state index contributed by atoms with van der Waals surface area (Å²) >= 11 is 0. The predicted molar refractivity (Wildman–Crippen MR) is 316 cm³/mol. The van der Waals surface area contributed by atoms with Crippen LogP contribution in [0.25, 0.3) is 0 Å². The van der Waals surface area contributed by atoms with Gasteiger partial charge in [-0.05, 0) is 135 Å². The molecule has 0 saturated heterocycles. The molecule has 0 aromatic rings. The van der Waals surface area contributed by atoms with Gasteiger partial charge in [0.1, 0.15) is 13.2 Å². The summed E-state index contributed by atoms with van der Waals surface area (Å²) in [6.07, 6.45) is 84.4. The highest BCUT2D eigenvalue weighted by molar-refractivity contribution is 5.71. The van der Waals surface area contributed by atoms with E-state index in [1.807, 2.05) is 0 Å². The Labute approximate surface area is 449 Å². The van der Waals surface area contributed by atoms with Gasteiger partial charge in [-0.3, -0.25) is 14.4 Å². The Morgan fingerprint density at radius 2 is 0.534 bits per heavy atom. The molecule has 1 atom stereocenters. The van der Waals surface area contributed by atoms with Crippen LogP contribution in [-0.4, -0.2) is 37.2 Å². The van der Waals surface area contributed by atoms with Crippen LogP contribution in [0.5, 0.6) is 0 Å². The lowest BCUT2D eigenvalue weighted by Gasteiger charge is -2.18. The zero-order valence-corrected chi connectivity index (χ0v) is 47.1. The van der Waals surface area contributed by atoms with Crippen LogP contribution in [0.4, 0.5) is 0 Å². The number of rotatable bonds is 52. The predicted octanol–water partition coefficient (Wildman–Crippen LogP) is 20.2. The van der Waals surface area contributed by atoms with Gasteiger partial charge in [0.05, 0.1) is 0 Å². The second kappa shape index (κ2) is 60.1. The summed E-state index contributed by atoms with van der Waals surface area (Å²) in [7, 11) is 0. The number of carbonyl (C=O) groups is 3. The molecular formula is C67H108O6. The molecule has 0 rings (SSSR count). The van der Waals surface area contributed by atoms with Gasteiger partial charge in [0.15, 0.2) is 6.10 Å². The Morgan fingerprint density at radius 1 is 0.288 bits per heavy atom. The van der Waals surface area contributed by atoms with Crippen molar-refractivity contribution in [2.45, 2.75) is 258 Å². The second-order valence-electron chi connectivity index (χ2n) is 19.1. The van der Waals surface area contributed by atoms with Crippen LogP contribution < -0.4 is 0 Å². The molecule has 73 heavy (non-hydrogen) atoms. The minimum atomic E-state index is -0.808. The SMILES string of the molecule is CC/C=C\C/C=C\C/C=C\C/C=C\C/C=C\CCCCCCCCCC(=O)OCC(COC(=O)CCCCC/C=C\C/C=C\C/C=C\CC)OC(=O)CCCCCCCC/C=C\C/C=C\C/C=C\CCCCC. The van der Waals surface area contributed by atoms with Crippen molar-refractivity contribution < 1.29 is 28.6 Å². The largest absolute Gasteiger partial charge is 0.462 e. The van der Waals surface area contributed by atoms with Gasteiger partial charge < -0.3 is 14.2 Å². The van der Waals surface area contributed by atoms with Crippen LogP contribution in [0.1, 0.15) is 252 Å². The van der Waals surface area contributed by atoms with Gasteiger partial charge in [0.2, 0.25) is 0 Å². The molecule has 0 saturated carbocycles. The van der Waals surface area contributed by atoms with Crippen LogP contribution in [0.3, 0.4) is 0 Å². The Hall–Kier alpha value is -4.45. The van der Waals surface area contributed by atoms with Gasteiger partial charge in [-0.2, -0.15) is 0 Å². The van der Waals surface area contributed by atoms with Gasteiger partial charge >= 0.3 is 17.9 Å². The van der Waals surface area contributed by atoms with Crippen molar-refractivity contribution in [1.82, 2.24) is 0 Å². The molecule has 0 fully saturated rings. The van der Waals surface area contributed by atoms with Gasteiger partial charge in [0.25, 0.3) is 0 Å². The Balaban J connectivity index is 4.45. The van der Waals surface area contributed by atoms with Crippen LogP contribution >= 0.6 is 0 Å². The second-order valence-corrected chi connectivity index (χ2v) is 19.1. The first-order valence-electron chi connectivity index (χ1n) is 29.7. The fraction of sp³-hybridized carbons (Fsp3) is 0.627. The van der Waals surface area contributed by atoms with Crippen LogP contribution in [0.15, 0.2) is 134 Å². The van der Waals surface area contributed by atoms with Gasteiger partial charge in [-0.25, -0.2) is 0 Å². The first-order valence-corrected chi connectivity index (χ1v) is 29.7. The van der Waals surface area contributed by atoms with E-state index in [1.54, 1.807) is 0 Å². The average molecular weight is 1010 g/mol. The maximum absolute atomic E-state index is 12.9. The van der Waals surface area contributed by atoms with E-state index < -0.39 is 6.10 Å². The Kier molecular flexibility index (Phi) is 56.4. The highest BCUT2D eigenvalue weighted by atomic mass is 16.6. The van der Waals surface area contributed by atoms with Crippen molar-refractivity contribution >= 4 is 17.9 Å². The summed E-state index contributed by atoms with van der Waals surface area (Å²) < 4.78 is 16.8. The van der Waals surface area contributed by atoms with E-state index in [0.717, 1.165) is 148 Å². The molecule has 6 heteroatoms. The van der Waals surface area contributed by atoms with Crippen LogP contribution in [-0.2, 0) is 28.6 Å². The highest BCUT2D eigenvalue weighted by Gasteiger charge is 2.19. The lowest BCUT2D eigenvalue weighted by Crippen LogP contribution is -2.30. The molecule has 0 spiro atoms. The van der Waals surface area contributed by atoms with Gasteiger partial charge in [-0.15, -0.1) is 0 Å². The van der Waals surface area contributed by atoms with Crippen molar-refractivity contribution in [3.8, 4) is 0 Å². The van der Waals surface area contributed by atoms with E-state index in [-0.39, 0.29) is 31.1 Å². The molecule has 0 aromatic heterocycles. The number of ether oxygens (including phenoxy) is 3. The summed E-state index contributed by atoms with van der Waals surface area (Å²) in [6.45, 7) is 6.33. The van der Waals surface area contributed by atoms with Crippen molar-refractivity contribution in [3.05, 3.63) is 134 Å². The Bertz CT molecular complexity index is 1580. The molecule has 412 valence electrons. The lowest BCUT2D eigenvalue weighted by molar-refractivity contribution is -0.167. The van der Waals surface area contributed by atoms with Crippen LogP contribution in [0, 0.1) is 0 Å². The van der Waals surface area contributed by atoms with E-state index in [1.165, 1.54) is 64.2 Å². The summed E-state index contributed by atoms with van der Waals surface area (Å²) in [6, 6.07) is 0. The molecule has 1 unspecified atom stereocenters. The van der Waals surface area contributed by atoms with E-state index in [4.69, 9.17) is 14.2 Å². The monoisotopic (exact) mass is 1010 g/mol. The molecule has 6 nitrogen and oxygen atoms in total. The molecular weight excluding hydrogens is 901 g/mol. The molecule has 0 aliphatic carbocycles. The number of unbranched alkanes of at least 4 members (excludes halogenated alkanes) is 19. The topological polar surface area (TPSA) is 78.9 Å². The highest BCUT2D eigenvalue weighted by Crippen LogP contribution is 2.14. The van der Waals surface area contributed by atoms with Crippen molar-refractivity contribution in [2.75, 3.05) is 13.2 Å². The van der Waals surface area contributed by atoms with Crippen molar-refractivity contribution in [1.29, 1.82) is 0 Å². The molecule has 0 aromatic carbocycles. The van der Waals surface area contributed by atoms with Crippen molar-refractivity contribution in [3.63, 3.8) is 0 Å². The quantitative estimate of drug-likeness (QED) is 0.0261. The molecule has 0 N–H and O–H groups in total. The van der Waals surface area contributed by atoms with Crippen LogP contribution in [0.2, 0.25) is 0 Å². The van der Waals surface area contributed by atoms with E-state index in [9.17, 15) is 14.4 Å². The fourth-order valence-corrected chi connectivity index (χ4v) is 7.72. The zero-order chi connectivity index (χ0) is 52.9. The van der Waals surface area contributed by atoms with E-state index >= 15 is 0 Å². The number of esters is 3. The number of hydrogen-bond donors (Lipinski definition) is 0. The number of carbonyl (C=O) groups excluding carboxylic acids is 3. The number of hydrogen-bond acceptors (Lipinski definition) is 6. The maximum atomic E-state index is 12.9. The Morgan fingerprint density at radius 3 is 0.849 bits per heavy atom. The van der Waals surface area contributed by atoms with E-state index in [2.05, 4.69) is 154 Å². The third-order valence-corrected chi connectivity index (χ3v) is 12.1. The summed E-state index contributed by atoms with van der Waals surface area (Å²) in [4.78, 5) is 38.2. The first kappa shape index (κ1) is 68.6. The minimum Gasteiger partial charge on any atom is -0.462 e. The molecule has 0 radical (unpaired) electrons. The normalized spacial score (nSPS) is 13.1. The third kappa shape index (κ3) is 58.3. The lowest BCUT2D eigenvalue weighted by atomic mass is 10.1. The van der Waals surface area contributed by atoms with Crippen molar-refractivity contribution in [2.24, 2.45) is 0 Å². The third-order valence-electron chi connectivity index (χ3n) is 12.1. The minimum absolute atomic E-state index is 0.103. The molecule has 0 bridgehead atoms. The summed E-state index contributed by atoms with van der Waals surface area (Å²) in [5.41, 5.74) is 0. The van der Waals surface area contributed by atoms with Gasteiger partial charge in [0, 0.05) is 19.3 Å². The zero-order valence-electron chi connectivity index (χ0n) is 47.1. The molecule has 0 heterocycles. The molecule has 0 aliphatic rings. The smallest absolute Gasteiger partial charge is 0.306 e. The number of allylic oxidation sites excluding steroid dienone is 22. The molecule has 0 amide bonds. The maximum Gasteiger partial charge on any atom is 0.306 e. The standard InChI is InChI=1S/C67H108O6/c1-4-7-10-13-16-19-22-25-27-29-31-32-33-34-36-37-39-42-45-48-51-54-57-60-66(69)72-63-64(62-71-65(68)59-56-53-50-47-44-41-24-21-18-15-12-9-6-3)73-67(70)61-58-55-52-49-46-43-40-38-35-30-28-26-23-20-17-14-11-8-5-2/h7,9-10,12,16-21,25-28,31-32,34-36,38,41,44,64H,4-6,8,11,13-15,22-24,29-30,33,37,39-40,42-43,45-63H2,1-3H3/b10-7-,12-9-,19-16-,20-17-,21-18-,27-25-,28-26-,32-31-,36-34-,38-35-,44-41-. The molecule has 0 aliphatic heterocycles. The van der Waals surface area contributed by atoms with E-state index in [0.29, 0.717) is 19.3 Å². The fourth-order valence-electron chi connectivity index (χ4n) is 7.72. The summed E-state index contributed by atoms with van der Waals surface area (Å²) in [5.74, 6) is -0.959. The average Bonchev–Trinajstić information content (AvgIpc) is 3.39.